The van der Waals surface area contributed by atoms with Crippen LogP contribution in [0.2, 0.25) is 5.02 Å². The summed E-state index contributed by atoms with van der Waals surface area (Å²) in [6.45, 7) is 1.53. The molecule has 1 aromatic rings. The van der Waals surface area contributed by atoms with E-state index in [1.807, 2.05) is 24.3 Å². The van der Waals surface area contributed by atoms with Crippen LogP contribution >= 0.6 is 11.6 Å². The summed E-state index contributed by atoms with van der Waals surface area (Å²) in [5, 5.41) is 6.72. The Morgan fingerprint density at radius 2 is 2.13 bits per heavy atom. The van der Waals surface area contributed by atoms with E-state index in [9.17, 15) is 4.79 Å². The van der Waals surface area contributed by atoms with E-state index in [2.05, 4.69) is 10.6 Å². The highest BCUT2D eigenvalue weighted by Gasteiger charge is 2.21. The van der Waals surface area contributed by atoms with E-state index in [4.69, 9.17) is 11.6 Å². The fourth-order valence-electron chi connectivity index (χ4n) is 1.70. The molecule has 0 bridgehead atoms. The number of hydrogen-bond donors (Lipinski definition) is 2. The zero-order valence-electron chi connectivity index (χ0n) is 8.29. The lowest BCUT2D eigenvalue weighted by molar-refractivity contribution is -0.124. The van der Waals surface area contributed by atoms with Crippen LogP contribution in [0.5, 0.6) is 0 Å². The molecule has 0 aliphatic carbocycles. The molecule has 0 saturated carbocycles. The summed E-state index contributed by atoms with van der Waals surface area (Å²) >= 11 is 6.03. The first kappa shape index (κ1) is 10.5. The third-order valence-electron chi connectivity index (χ3n) is 2.51. The largest absolute Gasteiger partial charge is 0.353 e. The standard InChI is InChI=1S/C11H13ClN2O/c12-9-4-2-1-3-8(9)7-10-11(15)14-6-5-13-10/h1-4,10,13H,5-7H2,(H,14,15)/t10-/m1/s1. The van der Waals surface area contributed by atoms with Gasteiger partial charge in [-0.1, -0.05) is 29.8 Å². The predicted molar refractivity (Wildman–Crippen MR) is 60.0 cm³/mol. The van der Waals surface area contributed by atoms with E-state index in [0.717, 1.165) is 17.1 Å². The first-order valence-corrected chi connectivity index (χ1v) is 5.39. The van der Waals surface area contributed by atoms with Crippen molar-refractivity contribution in [3.05, 3.63) is 34.9 Å². The Balaban J connectivity index is 2.08. The Labute approximate surface area is 93.8 Å². The van der Waals surface area contributed by atoms with Gasteiger partial charge in [-0.15, -0.1) is 0 Å². The maximum absolute atomic E-state index is 11.5. The average molecular weight is 225 g/mol. The molecule has 1 saturated heterocycles. The zero-order valence-corrected chi connectivity index (χ0v) is 9.05. The van der Waals surface area contributed by atoms with Crippen LogP contribution in [-0.2, 0) is 11.2 Å². The molecular formula is C11H13ClN2O. The number of rotatable bonds is 2. The van der Waals surface area contributed by atoms with Gasteiger partial charge in [-0.25, -0.2) is 0 Å². The van der Waals surface area contributed by atoms with Gasteiger partial charge in [0, 0.05) is 18.1 Å². The van der Waals surface area contributed by atoms with Crippen LogP contribution in [0.3, 0.4) is 0 Å². The summed E-state index contributed by atoms with van der Waals surface area (Å²) in [6, 6.07) is 7.46. The number of piperazine rings is 1. The molecule has 0 radical (unpaired) electrons. The van der Waals surface area contributed by atoms with Gasteiger partial charge in [0.1, 0.15) is 0 Å². The number of halogens is 1. The number of carbonyl (C=O) groups excluding carboxylic acids is 1. The fourth-order valence-corrected chi connectivity index (χ4v) is 1.91. The van der Waals surface area contributed by atoms with Crippen LogP contribution in [0.4, 0.5) is 0 Å². The molecular weight excluding hydrogens is 212 g/mol. The van der Waals surface area contributed by atoms with Crippen molar-refractivity contribution in [2.24, 2.45) is 0 Å². The van der Waals surface area contributed by atoms with Crippen molar-refractivity contribution in [3.8, 4) is 0 Å². The zero-order chi connectivity index (χ0) is 10.7. The van der Waals surface area contributed by atoms with E-state index < -0.39 is 0 Å². The summed E-state index contributed by atoms with van der Waals surface area (Å²) in [6.07, 6.45) is 0.644. The smallest absolute Gasteiger partial charge is 0.237 e. The van der Waals surface area contributed by atoms with Crippen molar-refractivity contribution >= 4 is 17.5 Å². The van der Waals surface area contributed by atoms with Gasteiger partial charge in [0.2, 0.25) is 5.91 Å². The molecule has 2 rings (SSSR count). The molecule has 80 valence electrons. The van der Waals surface area contributed by atoms with E-state index >= 15 is 0 Å². The molecule has 3 nitrogen and oxygen atoms in total. The number of amides is 1. The normalized spacial score (nSPS) is 21.1. The fraction of sp³-hybridized carbons (Fsp3) is 0.364. The van der Waals surface area contributed by atoms with Gasteiger partial charge >= 0.3 is 0 Å². The molecule has 1 atom stereocenters. The number of carbonyl (C=O) groups is 1. The number of hydrogen-bond acceptors (Lipinski definition) is 2. The number of benzene rings is 1. The SMILES string of the molecule is O=C1NCCN[C@@H]1Cc1ccccc1Cl. The Morgan fingerprint density at radius 3 is 2.87 bits per heavy atom. The second-order valence-corrected chi connectivity index (χ2v) is 4.00. The minimum absolute atomic E-state index is 0.0566. The Hall–Kier alpha value is -1.06. The molecule has 2 N–H and O–H groups in total. The first-order chi connectivity index (χ1) is 7.27. The third kappa shape index (κ3) is 2.49. The third-order valence-corrected chi connectivity index (χ3v) is 2.88. The van der Waals surface area contributed by atoms with Gasteiger partial charge in [0.15, 0.2) is 0 Å². The first-order valence-electron chi connectivity index (χ1n) is 5.02. The molecule has 1 heterocycles. The van der Waals surface area contributed by atoms with Crippen LogP contribution in [-0.4, -0.2) is 25.0 Å². The van der Waals surface area contributed by atoms with Crippen molar-refractivity contribution in [2.75, 3.05) is 13.1 Å². The minimum Gasteiger partial charge on any atom is -0.353 e. The van der Waals surface area contributed by atoms with Crippen LogP contribution in [0.25, 0.3) is 0 Å². The van der Waals surface area contributed by atoms with Gasteiger partial charge in [-0.05, 0) is 18.1 Å². The second-order valence-electron chi connectivity index (χ2n) is 3.59. The molecule has 0 spiro atoms. The van der Waals surface area contributed by atoms with Crippen LogP contribution in [0.1, 0.15) is 5.56 Å². The summed E-state index contributed by atoms with van der Waals surface area (Å²) in [5.41, 5.74) is 1.01. The quantitative estimate of drug-likeness (QED) is 0.786. The lowest BCUT2D eigenvalue weighted by Crippen LogP contribution is -2.53. The second kappa shape index (κ2) is 4.64. The van der Waals surface area contributed by atoms with Crippen LogP contribution < -0.4 is 10.6 Å². The summed E-state index contributed by atoms with van der Waals surface area (Å²) < 4.78 is 0. The lowest BCUT2D eigenvalue weighted by atomic mass is 10.0. The number of nitrogens with one attached hydrogen (secondary N) is 2. The minimum atomic E-state index is -0.154. The van der Waals surface area contributed by atoms with Gasteiger partial charge in [0.05, 0.1) is 6.04 Å². The predicted octanol–water partition coefficient (Wildman–Crippen LogP) is 0.970. The van der Waals surface area contributed by atoms with E-state index in [0.29, 0.717) is 13.0 Å². The maximum atomic E-state index is 11.5. The average Bonchev–Trinajstić information content (AvgIpc) is 2.24. The highest BCUT2D eigenvalue weighted by molar-refractivity contribution is 6.31. The van der Waals surface area contributed by atoms with Gasteiger partial charge < -0.3 is 10.6 Å². The van der Waals surface area contributed by atoms with Crippen molar-refractivity contribution in [2.45, 2.75) is 12.5 Å². The Kier molecular flexibility index (Phi) is 3.23. The van der Waals surface area contributed by atoms with Crippen molar-refractivity contribution in [3.63, 3.8) is 0 Å². The van der Waals surface area contributed by atoms with Crippen molar-refractivity contribution in [1.29, 1.82) is 0 Å². The summed E-state index contributed by atoms with van der Waals surface area (Å²) in [4.78, 5) is 11.5. The van der Waals surface area contributed by atoms with Crippen LogP contribution in [0.15, 0.2) is 24.3 Å². The monoisotopic (exact) mass is 224 g/mol. The van der Waals surface area contributed by atoms with E-state index in [1.165, 1.54) is 0 Å². The molecule has 1 aromatic carbocycles. The lowest BCUT2D eigenvalue weighted by Gasteiger charge is -2.23. The highest BCUT2D eigenvalue weighted by atomic mass is 35.5. The molecule has 0 aromatic heterocycles. The molecule has 0 unspecified atom stereocenters. The van der Waals surface area contributed by atoms with Crippen LogP contribution in [0, 0.1) is 0 Å². The molecule has 1 amide bonds. The van der Waals surface area contributed by atoms with Gasteiger partial charge in [-0.3, -0.25) is 4.79 Å². The topological polar surface area (TPSA) is 41.1 Å². The summed E-state index contributed by atoms with van der Waals surface area (Å²) in [7, 11) is 0. The van der Waals surface area contributed by atoms with E-state index in [-0.39, 0.29) is 11.9 Å². The molecule has 15 heavy (non-hydrogen) atoms. The Bertz CT molecular complexity index is 367. The van der Waals surface area contributed by atoms with Crippen molar-refractivity contribution in [1.82, 2.24) is 10.6 Å². The Morgan fingerprint density at radius 1 is 1.33 bits per heavy atom. The van der Waals surface area contributed by atoms with Gasteiger partial charge in [0.25, 0.3) is 0 Å². The molecule has 1 aliphatic heterocycles. The van der Waals surface area contributed by atoms with Crippen molar-refractivity contribution < 1.29 is 4.79 Å². The molecule has 1 fully saturated rings. The van der Waals surface area contributed by atoms with E-state index in [1.54, 1.807) is 0 Å². The van der Waals surface area contributed by atoms with Gasteiger partial charge in [-0.2, -0.15) is 0 Å². The maximum Gasteiger partial charge on any atom is 0.237 e. The highest BCUT2D eigenvalue weighted by Crippen LogP contribution is 2.16. The molecule has 1 aliphatic rings. The molecule has 4 heteroatoms. The summed E-state index contributed by atoms with van der Waals surface area (Å²) in [5.74, 6) is 0.0566.